The van der Waals surface area contributed by atoms with Crippen molar-refractivity contribution in [1.29, 1.82) is 0 Å². The number of nitrogens with one attached hydrogen (secondary N) is 2. The molecule has 21 heavy (non-hydrogen) atoms. The number of nitro benzene ring substituents is 1. The van der Waals surface area contributed by atoms with Crippen molar-refractivity contribution in [2.75, 3.05) is 19.1 Å². The van der Waals surface area contributed by atoms with Crippen LogP contribution in [0.25, 0.3) is 0 Å². The molecule has 1 aliphatic carbocycles. The van der Waals surface area contributed by atoms with Crippen LogP contribution in [0.1, 0.15) is 29.6 Å². The molecule has 0 heterocycles. The molecule has 1 aliphatic rings. The summed E-state index contributed by atoms with van der Waals surface area (Å²) < 4.78 is 5.40. The number of benzene rings is 1. The SMILES string of the molecule is COC1(CNC(=O)c2cc(NN)ccc2[N+](=O)[O-])CCC1. The van der Waals surface area contributed by atoms with Crippen molar-refractivity contribution in [3.8, 4) is 0 Å². The van der Waals surface area contributed by atoms with Crippen LogP contribution in [-0.2, 0) is 4.74 Å². The molecule has 8 heteroatoms. The van der Waals surface area contributed by atoms with Gasteiger partial charge in [0, 0.05) is 25.4 Å². The van der Waals surface area contributed by atoms with Gasteiger partial charge < -0.3 is 15.5 Å². The fraction of sp³-hybridized carbons (Fsp3) is 0.462. The summed E-state index contributed by atoms with van der Waals surface area (Å²) in [5, 5.41) is 13.7. The number of amides is 1. The summed E-state index contributed by atoms with van der Waals surface area (Å²) in [4.78, 5) is 22.6. The Hall–Kier alpha value is -2.19. The van der Waals surface area contributed by atoms with Gasteiger partial charge in [-0.15, -0.1) is 0 Å². The average Bonchev–Trinajstić information content (AvgIpc) is 2.45. The van der Waals surface area contributed by atoms with Crippen molar-refractivity contribution in [2.24, 2.45) is 5.84 Å². The van der Waals surface area contributed by atoms with Crippen LogP contribution in [-0.4, -0.2) is 30.1 Å². The molecular weight excluding hydrogens is 276 g/mol. The number of hydrogen-bond donors (Lipinski definition) is 3. The van der Waals surface area contributed by atoms with E-state index in [4.69, 9.17) is 10.6 Å². The lowest BCUT2D eigenvalue weighted by atomic mass is 9.80. The molecule has 4 N–H and O–H groups in total. The van der Waals surface area contributed by atoms with E-state index in [1.54, 1.807) is 7.11 Å². The minimum atomic E-state index is -0.593. The molecule has 0 saturated heterocycles. The number of methoxy groups -OCH3 is 1. The number of nitrogen functional groups attached to an aromatic ring is 1. The molecular formula is C13H18N4O4. The minimum Gasteiger partial charge on any atom is -0.376 e. The number of hydrogen-bond acceptors (Lipinski definition) is 6. The maximum Gasteiger partial charge on any atom is 0.282 e. The molecule has 2 rings (SSSR count). The van der Waals surface area contributed by atoms with E-state index in [0.717, 1.165) is 19.3 Å². The first-order valence-corrected chi connectivity index (χ1v) is 6.60. The minimum absolute atomic E-state index is 0.0268. The standard InChI is InChI=1S/C13H18N4O4/c1-21-13(5-2-6-13)8-15-12(18)10-7-9(16-14)3-4-11(10)17(19)20/h3-4,7,16H,2,5-6,8,14H2,1H3,(H,15,18). The Morgan fingerprint density at radius 1 is 1.52 bits per heavy atom. The van der Waals surface area contributed by atoms with Gasteiger partial charge in [0.2, 0.25) is 0 Å². The number of nitrogens with zero attached hydrogens (tertiary/aromatic N) is 1. The molecule has 1 fully saturated rings. The van der Waals surface area contributed by atoms with Crippen LogP contribution in [0.4, 0.5) is 11.4 Å². The maximum absolute atomic E-state index is 12.2. The van der Waals surface area contributed by atoms with Crippen LogP contribution >= 0.6 is 0 Å². The Morgan fingerprint density at radius 2 is 2.24 bits per heavy atom. The van der Waals surface area contributed by atoms with Gasteiger partial charge in [0.15, 0.2) is 0 Å². The topological polar surface area (TPSA) is 120 Å². The molecule has 1 amide bonds. The summed E-state index contributed by atoms with van der Waals surface area (Å²) in [6, 6.07) is 4.05. The molecule has 114 valence electrons. The van der Waals surface area contributed by atoms with Gasteiger partial charge in [-0.25, -0.2) is 0 Å². The highest BCUT2D eigenvalue weighted by Gasteiger charge is 2.37. The Morgan fingerprint density at radius 3 is 2.71 bits per heavy atom. The number of carbonyl (C=O) groups excluding carboxylic acids is 1. The lowest BCUT2D eigenvalue weighted by Gasteiger charge is -2.40. The van der Waals surface area contributed by atoms with E-state index in [9.17, 15) is 14.9 Å². The normalized spacial score (nSPS) is 15.9. The zero-order valence-electron chi connectivity index (χ0n) is 11.7. The highest BCUT2D eigenvalue weighted by atomic mass is 16.6. The van der Waals surface area contributed by atoms with Crippen molar-refractivity contribution >= 4 is 17.3 Å². The fourth-order valence-electron chi connectivity index (χ4n) is 2.33. The molecule has 0 unspecified atom stereocenters. The summed E-state index contributed by atoms with van der Waals surface area (Å²) in [5.41, 5.74) is 2.17. The van der Waals surface area contributed by atoms with Crippen molar-refractivity contribution < 1.29 is 14.5 Å². The van der Waals surface area contributed by atoms with Crippen molar-refractivity contribution in [2.45, 2.75) is 24.9 Å². The van der Waals surface area contributed by atoms with E-state index >= 15 is 0 Å². The van der Waals surface area contributed by atoms with Gasteiger partial charge in [0.25, 0.3) is 11.6 Å². The van der Waals surface area contributed by atoms with Crippen LogP contribution < -0.4 is 16.6 Å². The number of nitro groups is 1. The van der Waals surface area contributed by atoms with Gasteiger partial charge >= 0.3 is 0 Å². The van der Waals surface area contributed by atoms with Gasteiger partial charge in [0.05, 0.1) is 10.5 Å². The summed E-state index contributed by atoms with van der Waals surface area (Å²) in [7, 11) is 1.60. The molecule has 1 aromatic rings. The second-order valence-electron chi connectivity index (χ2n) is 5.06. The second-order valence-corrected chi connectivity index (χ2v) is 5.06. The Bertz CT molecular complexity index is 552. The third-order valence-corrected chi connectivity index (χ3v) is 3.87. The quantitative estimate of drug-likeness (QED) is 0.411. The van der Waals surface area contributed by atoms with E-state index in [0.29, 0.717) is 12.2 Å². The molecule has 0 radical (unpaired) electrons. The lowest BCUT2D eigenvalue weighted by Crippen LogP contribution is -2.49. The third-order valence-electron chi connectivity index (χ3n) is 3.87. The summed E-state index contributed by atoms with van der Waals surface area (Å²) in [5.74, 6) is 4.76. The first kappa shape index (κ1) is 15.2. The Balaban J connectivity index is 2.15. The second kappa shape index (κ2) is 6.06. The summed E-state index contributed by atoms with van der Waals surface area (Å²) in [6.45, 7) is 0.333. The van der Waals surface area contributed by atoms with Crippen LogP contribution in [0.15, 0.2) is 18.2 Å². The predicted octanol–water partition coefficient (Wildman–Crippen LogP) is 1.18. The third kappa shape index (κ3) is 3.11. The van der Waals surface area contributed by atoms with Crippen molar-refractivity contribution in [1.82, 2.24) is 5.32 Å². The summed E-state index contributed by atoms with van der Waals surface area (Å²) in [6.07, 6.45) is 2.79. The van der Waals surface area contributed by atoms with E-state index in [-0.39, 0.29) is 16.9 Å². The molecule has 0 aliphatic heterocycles. The monoisotopic (exact) mass is 294 g/mol. The smallest absolute Gasteiger partial charge is 0.282 e. The Labute approximate surface area is 121 Å². The zero-order valence-corrected chi connectivity index (χ0v) is 11.7. The predicted molar refractivity (Wildman–Crippen MR) is 76.8 cm³/mol. The van der Waals surface area contributed by atoms with Crippen LogP contribution in [0.5, 0.6) is 0 Å². The highest BCUT2D eigenvalue weighted by Crippen LogP contribution is 2.34. The number of anilines is 1. The fourth-order valence-corrected chi connectivity index (χ4v) is 2.33. The molecule has 8 nitrogen and oxygen atoms in total. The first-order valence-electron chi connectivity index (χ1n) is 6.60. The van der Waals surface area contributed by atoms with Crippen molar-refractivity contribution in [3.05, 3.63) is 33.9 Å². The maximum atomic E-state index is 12.2. The van der Waals surface area contributed by atoms with Gasteiger partial charge in [-0.05, 0) is 31.4 Å². The van der Waals surface area contributed by atoms with Gasteiger partial charge in [-0.3, -0.25) is 20.8 Å². The summed E-state index contributed by atoms with van der Waals surface area (Å²) >= 11 is 0. The molecule has 1 aromatic carbocycles. The Kier molecular flexibility index (Phi) is 4.39. The first-order chi connectivity index (χ1) is 10.0. The molecule has 0 atom stereocenters. The van der Waals surface area contributed by atoms with E-state index in [2.05, 4.69) is 10.7 Å². The van der Waals surface area contributed by atoms with Crippen LogP contribution in [0.2, 0.25) is 0 Å². The van der Waals surface area contributed by atoms with Crippen LogP contribution in [0, 0.1) is 10.1 Å². The van der Waals surface area contributed by atoms with E-state index < -0.39 is 10.8 Å². The number of rotatable bonds is 6. The average molecular weight is 294 g/mol. The van der Waals surface area contributed by atoms with Crippen molar-refractivity contribution in [3.63, 3.8) is 0 Å². The van der Waals surface area contributed by atoms with Gasteiger partial charge in [0.1, 0.15) is 5.56 Å². The van der Waals surface area contributed by atoms with Crippen LogP contribution in [0.3, 0.4) is 0 Å². The number of carbonyl (C=O) groups is 1. The van der Waals surface area contributed by atoms with E-state index in [1.165, 1.54) is 18.2 Å². The number of nitrogens with two attached hydrogens (primary N) is 1. The van der Waals surface area contributed by atoms with Gasteiger partial charge in [-0.2, -0.15) is 0 Å². The van der Waals surface area contributed by atoms with E-state index in [1.807, 2.05) is 0 Å². The number of hydrazine groups is 1. The lowest BCUT2D eigenvalue weighted by molar-refractivity contribution is -0.385. The zero-order chi connectivity index (χ0) is 15.5. The molecule has 0 bridgehead atoms. The van der Waals surface area contributed by atoms with Gasteiger partial charge in [-0.1, -0.05) is 0 Å². The molecule has 1 saturated carbocycles. The number of ether oxygens (including phenoxy) is 1. The highest BCUT2D eigenvalue weighted by molar-refractivity contribution is 5.99. The molecule has 0 aromatic heterocycles. The largest absolute Gasteiger partial charge is 0.376 e. The molecule has 0 spiro atoms.